The van der Waals surface area contributed by atoms with Crippen LogP contribution in [0.15, 0.2) is 47.7 Å². The largest absolute Gasteiger partial charge is 0.368 e. The average molecular weight is 482 g/mol. The van der Waals surface area contributed by atoms with E-state index in [9.17, 15) is 0 Å². The molecule has 0 radical (unpaired) electrons. The lowest BCUT2D eigenvalue weighted by molar-refractivity contribution is 0.372. The van der Waals surface area contributed by atoms with E-state index in [1.54, 1.807) is 0 Å². The molecule has 0 bridgehead atoms. The van der Waals surface area contributed by atoms with Gasteiger partial charge in [-0.3, -0.25) is 9.67 Å². The van der Waals surface area contributed by atoms with Crippen molar-refractivity contribution in [3.63, 3.8) is 0 Å². The topological polar surface area (TPSA) is 48.7 Å². The van der Waals surface area contributed by atoms with Gasteiger partial charge < -0.3 is 15.1 Å². The number of halogens is 1. The second kappa shape index (κ2) is 11.2. The Morgan fingerprint density at radius 3 is 2.52 bits per heavy atom. The van der Waals surface area contributed by atoms with Crippen molar-refractivity contribution < 1.29 is 0 Å². The molecule has 0 unspecified atom stereocenters. The molecule has 0 saturated carbocycles. The number of nitrogens with one attached hydrogen (secondary N) is 1. The standard InChI is InChI=1S/C20H30N6.HI/c1-3-21-20(22-11-7-8-18-16-23-24(2)17-18)26-14-12-25(13-15-26)19-9-5-4-6-10-19;/h4-6,9-10,16-17H,3,7-8,11-15H2,1-2H3,(H,21,22);1H. The maximum Gasteiger partial charge on any atom is 0.194 e. The van der Waals surface area contributed by atoms with Gasteiger partial charge in [0.05, 0.1) is 6.20 Å². The highest BCUT2D eigenvalue weighted by Crippen LogP contribution is 2.15. The van der Waals surface area contributed by atoms with E-state index in [1.807, 2.05) is 17.9 Å². The third-order valence-electron chi connectivity index (χ3n) is 4.68. The quantitative estimate of drug-likeness (QED) is 0.298. The molecule has 1 aliphatic heterocycles. The highest BCUT2D eigenvalue weighted by molar-refractivity contribution is 14.0. The number of rotatable bonds is 6. The first-order valence-electron chi connectivity index (χ1n) is 9.57. The number of guanidine groups is 1. The van der Waals surface area contributed by atoms with E-state index < -0.39 is 0 Å². The van der Waals surface area contributed by atoms with Crippen LogP contribution in [0.3, 0.4) is 0 Å². The summed E-state index contributed by atoms with van der Waals surface area (Å²) in [6, 6.07) is 10.7. The summed E-state index contributed by atoms with van der Waals surface area (Å²) in [5.74, 6) is 1.05. The summed E-state index contributed by atoms with van der Waals surface area (Å²) in [4.78, 5) is 9.67. The van der Waals surface area contributed by atoms with Crippen molar-refractivity contribution >= 4 is 35.6 Å². The van der Waals surface area contributed by atoms with Gasteiger partial charge in [0.2, 0.25) is 0 Å². The Kier molecular flexibility index (Phi) is 8.90. The second-order valence-corrected chi connectivity index (χ2v) is 6.67. The highest BCUT2D eigenvalue weighted by atomic mass is 127. The molecule has 0 spiro atoms. The molecule has 3 rings (SSSR count). The molecule has 6 nitrogen and oxygen atoms in total. The summed E-state index contributed by atoms with van der Waals surface area (Å²) in [5.41, 5.74) is 2.59. The average Bonchev–Trinajstić information content (AvgIpc) is 3.10. The lowest BCUT2D eigenvalue weighted by Crippen LogP contribution is -2.52. The first-order valence-corrected chi connectivity index (χ1v) is 9.57. The van der Waals surface area contributed by atoms with E-state index >= 15 is 0 Å². The van der Waals surface area contributed by atoms with Crippen molar-refractivity contribution in [3.8, 4) is 0 Å². The number of hydrogen-bond donors (Lipinski definition) is 1. The van der Waals surface area contributed by atoms with E-state index in [0.717, 1.165) is 58.1 Å². The van der Waals surface area contributed by atoms with E-state index in [2.05, 4.69) is 63.7 Å². The summed E-state index contributed by atoms with van der Waals surface area (Å²) in [6.07, 6.45) is 6.10. The molecule has 0 atom stereocenters. The normalized spacial score (nSPS) is 14.8. The summed E-state index contributed by atoms with van der Waals surface area (Å²) in [7, 11) is 1.96. The molecule has 0 aliphatic carbocycles. The van der Waals surface area contributed by atoms with E-state index in [0.29, 0.717) is 0 Å². The summed E-state index contributed by atoms with van der Waals surface area (Å²) in [5, 5.41) is 7.67. The molecule has 0 amide bonds. The zero-order valence-corrected chi connectivity index (χ0v) is 18.7. The van der Waals surface area contributed by atoms with Gasteiger partial charge in [-0.2, -0.15) is 5.10 Å². The molecule has 148 valence electrons. The molecule has 1 fully saturated rings. The van der Waals surface area contributed by atoms with Crippen LogP contribution in [0.2, 0.25) is 0 Å². The molecule has 2 heterocycles. The molecule has 1 N–H and O–H groups in total. The van der Waals surface area contributed by atoms with E-state index in [-0.39, 0.29) is 24.0 Å². The number of benzene rings is 1. The van der Waals surface area contributed by atoms with Gasteiger partial charge in [-0.25, -0.2) is 0 Å². The third-order valence-corrected chi connectivity index (χ3v) is 4.68. The first kappa shape index (κ1) is 21.5. The molecular weight excluding hydrogens is 451 g/mol. The molecular formula is C20H31IN6. The predicted molar refractivity (Wildman–Crippen MR) is 123 cm³/mol. The number of hydrogen-bond acceptors (Lipinski definition) is 3. The number of anilines is 1. The Bertz CT molecular complexity index is 692. The minimum absolute atomic E-state index is 0. The summed E-state index contributed by atoms with van der Waals surface area (Å²) in [6.45, 7) is 7.95. The molecule has 1 saturated heterocycles. The fraction of sp³-hybridized carbons (Fsp3) is 0.500. The van der Waals surface area contributed by atoms with Crippen LogP contribution in [0.4, 0.5) is 5.69 Å². The zero-order chi connectivity index (χ0) is 18.2. The Labute approximate surface area is 179 Å². The number of nitrogens with zero attached hydrogens (tertiary/aromatic N) is 5. The van der Waals surface area contributed by atoms with Crippen LogP contribution >= 0.6 is 24.0 Å². The number of piperazine rings is 1. The number of aliphatic imine (C=N–C) groups is 1. The monoisotopic (exact) mass is 482 g/mol. The minimum atomic E-state index is 0. The Hall–Kier alpha value is -1.77. The van der Waals surface area contributed by atoms with Crippen LogP contribution in [0.25, 0.3) is 0 Å². The van der Waals surface area contributed by atoms with Crippen LogP contribution in [-0.2, 0) is 13.5 Å². The van der Waals surface area contributed by atoms with Crippen molar-refractivity contribution in [1.29, 1.82) is 0 Å². The van der Waals surface area contributed by atoms with Crippen LogP contribution in [0.5, 0.6) is 0 Å². The van der Waals surface area contributed by atoms with Crippen molar-refractivity contribution in [1.82, 2.24) is 20.0 Å². The van der Waals surface area contributed by atoms with Gasteiger partial charge in [-0.15, -0.1) is 24.0 Å². The number of aromatic nitrogens is 2. The van der Waals surface area contributed by atoms with Crippen molar-refractivity contribution in [3.05, 3.63) is 48.3 Å². The van der Waals surface area contributed by atoms with Gasteiger partial charge in [0.25, 0.3) is 0 Å². The van der Waals surface area contributed by atoms with Gasteiger partial charge in [0, 0.05) is 58.2 Å². The Balaban J connectivity index is 0.00000261. The van der Waals surface area contributed by atoms with Crippen molar-refractivity contribution in [2.45, 2.75) is 19.8 Å². The lowest BCUT2D eigenvalue weighted by atomic mass is 10.2. The van der Waals surface area contributed by atoms with Crippen LogP contribution in [0.1, 0.15) is 18.9 Å². The Morgan fingerprint density at radius 2 is 1.89 bits per heavy atom. The fourth-order valence-electron chi connectivity index (χ4n) is 3.31. The molecule has 1 aliphatic rings. The predicted octanol–water partition coefficient (Wildman–Crippen LogP) is 2.76. The molecule has 7 heteroatoms. The van der Waals surface area contributed by atoms with Crippen LogP contribution in [-0.4, -0.2) is 59.9 Å². The zero-order valence-electron chi connectivity index (χ0n) is 16.3. The first-order chi connectivity index (χ1) is 12.8. The second-order valence-electron chi connectivity index (χ2n) is 6.67. The van der Waals surface area contributed by atoms with Gasteiger partial charge in [-0.1, -0.05) is 18.2 Å². The smallest absolute Gasteiger partial charge is 0.194 e. The van der Waals surface area contributed by atoms with Crippen molar-refractivity contribution in [2.75, 3.05) is 44.2 Å². The van der Waals surface area contributed by atoms with Gasteiger partial charge in [0.1, 0.15) is 0 Å². The number of para-hydroxylation sites is 1. The van der Waals surface area contributed by atoms with E-state index in [1.165, 1.54) is 11.3 Å². The van der Waals surface area contributed by atoms with E-state index in [4.69, 9.17) is 4.99 Å². The Morgan fingerprint density at radius 1 is 1.15 bits per heavy atom. The summed E-state index contributed by atoms with van der Waals surface area (Å²) < 4.78 is 1.86. The van der Waals surface area contributed by atoms with Crippen molar-refractivity contribution in [2.24, 2.45) is 12.0 Å². The molecule has 1 aromatic carbocycles. The van der Waals surface area contributed by atoms with Gasteiger partial charge in [0.15, 0.2) is 5.96 Å². The van der Waals surface area contributed by atoms with Gasteiger partial charge in [-0.05, 0) is 37.5 Å². The maximum absolute atomic E-state index is 4.84. The third kappa shape index (κ3) is 6.41. The van der Waals surface area contributed by atoms with Gasteiger partial charge >= 0.3 is 0 Å². The molecule has 2 aromatic rings. The molecule has 27 heavy (non-hydrogen) atoms. The maximum atomic E-state index is 4.84. The summed E-state index contributed by atoms with van der Waals surface area (Å²) >= 11 is 0. The number of aryl methyl sites for hydroxylation is 2. The fourth-order valence-corrected chi connectivity index (χ4v) is 3.31. The minimum Gasteiger partial charge on any atom is -0.368 e. The van der Waals surface area contributed by atoms with Crippen LogP contribution < -0.4 is 10.2 Å². The van der Waals surface area contributed by atoms with Crippen LogP contribution in [0, 0.1) is 0 Å². The lowest BCUT2D eigenvalue weighted by Gasteiger charge is -2.37. The SMILES string of the molecule is CCNC(=NCCCc1cnn(C)c1)N1CCN(c2ccccc2)CC1.I. The highest BCUT2D eigenvalue weighted by Gasteiger charge is 2.19. The molecule has 1 aromatic heterocycles.